The van der Waals surface area contributed by atoms with E-state index in [-0.39, 0.29) is 13.0 Å². The molecule has 0 saturated carbocycles. The monoisotopic (exact) mass is 270 g/mol. The van der Waals surface area contributed by atoms with E-state index in [0.717, 1.165) is 0 Å². The lowest BCUT2D eigenvalue weighted by Crippen LogP contribution is -2.48. The van der Waals surface area contributed by atoms with Crippen molar-refractivity contribution >= 4 is 5.91 Å². The number of hydrogen-bond acceptors (Lipinski definition) is 3. The molecule has 1 aromatic carbocycles. The lowest BCUT2D eigenvalue weighted by atomic mass is 10.0. The van der Waals surface area contributed by atoms with E-state index in [9.17, 15) is 18.0 Å². The van der Waals surface area contributed by atoms with Gasteiger partial charge in [-0.15, -0.1) is 0 Å². The SMILES string of the molecule is N#Cc1ccc2c(c1)C[C@@H](NC(=O)C(F)(F)F)CO2. The first-order valence-electron chi connectivity index (χ1n) is 5.43. The number of nitrogens with zero attached hydrogens (tertiary/aromatic N) is 1. The van der Waals surface area contributed by atoms with Crippen molar-refractivity contribution in [2.75, 3.05) is 6.61 Å². The molecule has 0 unspecified atom stereocenters. The van der Waals surface area contributed by atoms with Gasteiger partial charge in [0.15, 0.2) is 0 Å². The van der Waals surface area contributed by atoms with Crippen LogP contribution in [0.15, 0.2) is 18.2 Å². The molecule has 1 aliphatic heterocycles. The van der Waals surface area contributed by atoms with Crippen LogP contribution in [0.2, 0.25) is 0 Å². The zero-order chi connectivity index (χ0) is 14.0. The molecule has 2 rings (SSSR count). The van der Waals surface area contributed by atoms with Gasteiger partial charge in [-0.2, -0.15) is 18.4 Å². The van der Waals surface area contributed by atoms with E-state index in [4.69, 9.17) is 10.00 Å². The second kappa shape index (κ2) is 4.80. The molecule has 1 heterocycles. The van der Waals surface area contributed by atoms with Crippen LogP contribution < -0.4 is 10.1 Å². The van der Waals surface area contributed by atoms with Gasteiger partial charge in [-0.05, 0) is 30.2 Å². The number of hydrogen-bond donors (Lipinski definition) is 1. The quantitative estimate of drug-likeness (QED) is 0.842. The van der Waals surface area contributed by atoms with Crippen LogP contribution in [0.4, 0.5) is 13.2 Å². The molecule has 0 spiro atoms. The largest absolute Gasteiger partial charge is 0.491 e. The summed E-state index contributed by atoms with van der Waals surface area (Å²) in [6.07, 6.45) is -4.71. The highest BCUT2D eigenvalue weighted by Gasteiger charge is 2.40. The molecule has 4 nitrogen and oxygen atoms in total. The number of rotatable bonds is 1. The molecule has 1 aromatic rings. The molecule has 1 amide bonds. The first kappa shape index (κ1) is 13.2. The Balaban J connectivity index is 2.10. The Morgan fingerprint density at radius 3 is 2.84 bits per heavy atom. The van der Waals surface area contributed by atoms with Crippen LogP contribution in [0.25, 0.3) is 0 Å². The molecule has 19 heavy (non-hydrogen) atoms. The number of fused-ring (bicyclic) bond motifs is 1. The molecule has 0 aliphatic carbocycles. The number of carbonyl (C=O) groups excluding carboxylic acids is 1. The summed E-state index contributed by atoms with van der Waals surface area (Å²) in [6, 6.07) is 5.88. The number of nitriles is 1. The lowest BCUT2D eigenvalue weighted by molar-refractivity contribution is -0.174. The average Bonchev–Trinajstić information content (AvgIpc) is 2.36. The Labute approximate surface area is 106 Å². The highest BCUT2D eigenvalue weighted by atomic mass is 19.4. The molecular formula is C12H9F3N2O2. The van der Waals surface area contributed by atoms with E-state index >= 15 is 0 Å². The number of halogens is 3. The number of benzene rings is 1. The summed E-state index contributed by atoms with van der Waals surface area (Å²) < 4.78 is 41.6. The number of carbonyl (C=O) groups is 1. The van der Waals surface area contributed by atoms with E-state index in [1.54, 1.807) is 18.2 Å². The standard InChI is InChI=1S/C12H9F3N2O2/c13-12(14,15)11(18)17-9-4-8-3-7(5-16)1-2-10(8)19-6-9/h1-3,9H,4,6H2,(H,17,18)/t9-/m1/s1. The maximum atomic E-state index is 12.1. The molecule has 0 aromatic heterocycles. The van der Waals surface area contributed by atoms with E-state index in [0.29, 0.717) is 16.9 Å². The van der Waals surface area contributed by atoms with E-state index < -0.39 is 18.1 Å². The Morgan fingerprint density at radius 1 is 1.47 bits per heavy atom. The van der Waals surface area contributed by atoms with Crippen molar-refractivity contribution in [2.24, 2.45) is 0 Å². The Bertz CT molecular complexity index is 549. The van der Waals surface area contributed by atoms with Gasteiger partial charge >= 0.3 is 12.1 Å². The maximum absolute atomic E-state index is 12.1. The van der Waals surface area contributed by atoms with Crippen LogP contribution in [-0.4, -0.2) is 24.7 Å². The summed E-state index contributed by atoms with van der Waals surface area (Å²) in [5, 5.41) is 10.6. The third-order valence-electron chi connectivity index (χ3n) is 2.69. The van der Waals surface area contributed by atoms with Crippen LogP contribution in [0.5, 0.6) is 5.75 Å². The Hall–Kier alpha value is -2.23. The Morgan fingerprint density at radius 2 is 2.21 bits per heavy atom. The first-order valence-corrected chi connectivity index (χ1v) is 5.43. The topological polar surface area (TPSA) is 62.1 Å². The fraction of sp³-hybridized carbons (Fsp3) is 0.333. The van der Waals surface area contributed by atoms with Gasteiger partial charge < -0.3 is 10.1 Å². The second-order valence-electron chi connectivity index (χ2n) is 4.12. The summed E-state index contributed by atoms with van der Waals surface area (Å²) in [7, 11) is 0. The van der Waals surface area contributed by atoms with Crippen LogP contribution in [-0.2, 0) is 11.2 Å². The predicted octanol–water partition coefficient (Wildman–Crippen LogP) is 1.54. The highest BCUT2D eigenvalue weighted by Crippen LogP contribution is 2.26. The van der Waals surface area contributed by atoms with Gasteiger partial charge in [-0.3, -0.25) is 4.79 Å². The van der Waals surface area contributed by atoms with E-state index in [2.05, 4.69) is 0 Å². The number of amides is 1. The fourth-order valence-electron chi connectivity index (χ4n) is 1.82. The van der Waals surface area contributed by atoms with Crippen LogP contribution in [0.1, 0.15) is 11.1 Å². The fourth-order valence-corrected chi connectivity index (χ4v) is 1.82. The van der Waals surface area contributed by atoms with Crippen LogP contribution in [0.3, 0.4) is 0 Å². The molecule has 0 radical (unpaired) electrons. The minimum Gasteiger partial charge on any atom is -0.491 e. The summed E-state index contributed by atoms with van der Waals surface area (Å²) in [6.45, 7) is -0.0271. The molecule has 0 fully saturated rings. The van der Waals surface area contributed by atoms with Crippen molar-refractivity contribution < 1.29 is 22.7 Å². The lowest BCUT2D eigenvalue weighted by Gasteiger charge is -2.26. The van der Waals surface area contributed by atoms with Crippen molar-refractivity contribution in [3.63, 3.8) is 0 Å². The average molecular weight is 270 g/mol. The molecule has 1 N–H and O–H groups in total. The number of alkyl halides is 3. The van der Waals surface area contributed by atoms with Crippen LogP contribution >= 0.6 is 0 Å². The van der Waals surface area contributed by atoms with Gasteiger partial charge in [0.05, 0.1) is 17.7 Å². The zero-order valence-electron chi connectivity index (χ0n) is 9.62. The second-order valence-corrected chi connectivity index (χ2v) is 4.12. The summed E-state index contributed by atoms with van der Waals surface area (Å²) in [5.74, 6) is -1.46. The van der Waals surface area contributed by atoms with E-state index in [1.807, 2.05) is 11.4 Å². The third-order valence-corrected chi connectivity index (χ3v) is 2.69. The normalized spacial score (nSPS) is 17.9. The maximum Gasteiger partial charge on any atom is 0.471 e. The van der Waals surface area contributed by atoms with Gasteiger partial charge in [-0.1, -0.05) is 0 Å². The molecule has 7 heteroatoms. The molecule has 1 aliphatic rings. The van der Waals surface area contributed by atoms with Gasteiger partial charge in [0.1, 0.15) is 12.4 Å². The molecule has 1 atom stereocenters. The van der Waals surface area contributed by atoms with Gasteiger partial charge in [0.2, 0.25) is 0 Å². The smallest absolute Gasteiger partial charge is 0.471 e. The molecule has 0 saturated heterocycles. The van der Waals surface area contributed by atoms with Crippen molar-refractivity contribution in [3.05, 3.63) is 29.3 Å². The molecule has 100 valence electrons. The predicted molar refractivity (Wildman–Crippen MR) is 58.3 cm³/mol. The molecular weight excluding hydrogens is 261 g/mol. The van der Waals surface area contributed by atoms with Crippen molar-refractivity contribution in [2.45, 2.75) is 18.6 Å². The Kier molecular flexibility index (Phi) is 3.34. The minimum atomic E-state index is -4.91. The number of nitrogens with one attached hydrogen (secondary N) is 1. The van der Waals surface area contributed by atoms with Gasteiger partial charge in [0.25, 0.3) is 0 Å². The highest BCUT2D eigenvalue weighted by molar-refractivity contribution is 5.82. The zero-order valence-corrected chi connectivity index (χ0v) is 9.62. The van der Waals surface area contributed by atoms with Crippen molar-refractivity contribution in [1.82, 2.24) is 5.32 Å². The van der Waals surface area contributed by atoms with Crippen molar-refractivity contribution in [1.29, 1.82) is 5.26 Å². The number of ether oxygens (including phenoxy) is 1. The van der Waals surface area contributed by atoms with Crippen molar-refractivity contribution in [3.8, 4) is 11.8 Å². The van der Waals surface area contributed by atoms with E-state index in [1.165, 1.54) is 0 Å². The van der Waals surface area contributed by atoms with Gasteiger partial charge in [-0.25, -0.2) is 0 Å². The minimum absolute atomic E-state index is 0.0271. The molecule has 0 bridgehead atoms. The van der Waals surface area contributed by atoms with Crippen LogP contribution in [0, 0.1) is 11.3 Å². The first-order chi connectivity index (χ1) is 8.90. The third kappa shape index (κ3) is 2.96. The summed E-state index contributed by atoms with van der Waals surface area (Å²) in [5.41, 5.74) is 1.00. The van der Waals surface area contributed by atoms with Gasteiger partial charge in [0, 0.05) is 0 Å². The summed E-state index contributed by atoms with van der Waals surface area (Å²) >= 11 is 0. The summed E-state index contributed by atoms with van der Waals surface area (Å²) in [4.78, 5) is 10.8.